The SMILES string of the molecule is CCOCCOCCO.COCCCO. The Morgan fingerprint density at radius 3 is 1.93 bits per heavy atom. The number of rotatable bonds is 9. The molecule has 0 atom stereocenters. The summed E-state index contributed by atoms with van der Waals surface area (Å²) in [4.78, 5) is 0. The summed E-state index contributed by atoms with van der Waals surface area (Å²) in [6, 6.07) is 0. The van der Waals surface area contributed by atoms with E-state index >= 15 is 0 Å². The zero-order chi connectivity index (χ0) is 11.8. The smallest absolute Gasteiger partial charge is 0.0701 e. The summed E-state index contributed by atoms with van der Waals surface area (Å²) in [5, 5.41) is 16.4. The molecule has 0 aliphatic heterocycles. The molecule has 0 aromatic rings. The predicted octanol–water partition coefficient (Wildman–Crippen LogP) is 0.0470. The van der Waals surface area contributed by atoms with Crippen LogP contribution < -0.4 is 0 Å². The Morgan fingerprint density at radius 2 is 1.53 bits per heavy atom. The van der Waals surface area contributed by atoms with Gasteiger partial charge in [-0.1, -0.05) is 0 Å². The molecular formula is C10H24O5. The van der Waals surface area contributed by atoms with Crippen LogP contribution in [0, 0.1) is 0 Å². The van der Waals surface area contributed by atoms with Crippen LogP contribution in [0.25, 0.3) is 0 Å². The van der Waals surface area contributed by atoms with Crippen LogP contribution in [-0.2, 0) is 14.2 Å². The van der Waals surface area contributed by atoms with Gasteiger partial charge in [-0.15, -0.1) is 0 Å². The molecule has 0 fully saturated rings. The highest BCUT2D eigenvalue weighted by molar-refractivity contribution is 4.28. The van der Waals surface area contributed by atoms with E-state index in [0.717, 1.165) is 13.0 Å². The largest absolute Gasteiger partial charge is 0.396 e. The summed E-state index contributed by atoms with van der Waals surface area (Å²) in [5.74, 6) is 0. The minimum atomic E-state index is 0.0894. The van der Waals surface area contributed by atoms with Crippen LogP contribution in [0.4, 0.5) is 0 Å². The maximum atomic E-state index is 8.26. The van der Waals surface area contributed by atoms with Crippen molar-refractivity contribution >= 4 is 0 Å². The van der Waals surface area contributed by atoms with Crippen molar-refractivity contribution in [1.29, 1.82) is 0 Å². The molecule has 5 heteroatoms. The Morgan fingerprint density at radius 1 is 0.867 bits per heavy atom. The van der Waals surface area contributed by atoms with Crippen molar-refractivity contribution in [2.24, 2.45) is 0 Å². The molecule has 0 aromatic heterocycles. The first-order chi connectivity index (χ1) is 7.33. The Kier molecular flexibility index (Phi) is 22.2. The average molecular weight is 224 g/mol. The number of methoxy groups -OCH3 is 1. The van der Waals surface area contributed by atoms with Crippen LogP contribution in [0.15, 0.2) is 0 Å². The quantitative estimate of drug-likeness (QED) is 0.542. The first-order valence-electron chi connectivity index (χ1n) is 5.19. The van der Waals surface area contributed by atoms with Gasteiger partial charge < -0.3 is 24.4 Å². The van der Waals surface area contributed by atoms with Gasteiger partial charge in [0.1, 0.15) is 0 Å². The minimum Gasteiger partial charge on any atom is -0.396 e. The number of hydrogen-bond donors (Lipinski definition) is 2. The number of hydrogen-bond acceptors (Lipinski definition) is 5. The molecule has 0 amide bonds. The summed E-state index contributed by atoms with van der Waals surface area (Å²) in [6.07, 6.45) is 0.747. The molecule has 0 saturated heterocycles. The Bertz CT molecular complexity index is 79.9. The van der Waals surface area contributed by atoms with Crippen molar-refractivity contribution in [1.82, 2.24) is 0 Å². The van der Waals surface area contributed by atoms with Crippen LogP contribution >= 0.6 is 0 Å². The van der Waals surface area contributed by atoms with Gasteiger partial charge in [0, 0.05) is 26.9 Å². The van der Waals surface area contributed by atoms with Crippen LogP contribution in [0.1, 0.15) is 13.3 Å². The molecule has 15 heavy (non-hydrogen) atoms. The summed E-state index contributed by atoms with van der Waals surface area (Å²) >= 11 is 0. The van der Waals surface area contributed by atoms with E-state index in [0.29, 0.717) is 26.4 Å². The maximum absolute atomic E-state index is 8.26. The number of ether oxygens (including phenoxy) is 3. The molecule has 0 aliphatic rings. The molecule has 0 radical (unpaired) electrons. The average Bonchev–Trinajstić information content (AvgIpc) is 2.27. The zero-order valence-corrected chi connectivity index (χ0v) is 9.78. The molecule has 0 aromatic carbocycles. The van der Waals surface area contributed by atoms with Crippen molar-refractivity contribution < 1.29 is 24.4 Å². The van der Waals surface area contributed by atoms with Gasteiger partial charge in [-0.05, 0) is 13.3 Å². The topological polar surface area (TPSA) is 68.2 Å². The number of aliphatic hydroxyl groups excluding tert-OH is 2. The summed E-state index contributed by atoms with van der Waals surface area (Å²) < 4.78 is 14.5. The summed E-state index contributed by atoms with van der Waals surface area (Å²) in [7, 11) is 1.62. The molecule has 94 valence electrons. The van der Waals surface area contributed by atoms with Gasteiger partial charge in [0.15, 0.2) is 0 Å². The van der Waals surface area contributed by atoms with E-state index < -0.39 is 0 Å². The second-order valence-corrected chi connectivity index (χ2v) is 2.60. The van der Waals surface area contributed by atoms with Gasteiger partial charge in [0.2, 0.25) is 0 Å². The van der Waals surface area contributed by atoms with Crippen molar-refractivity contribution in [2.75, 3.05) is 53.4 Å². The molecule has 0 spiro atoms. The third-order valence-corrected chi connectivity index (χ3v) is 1.32. The Hall–Kier alpha value is -0.200. The lowest BCUT2D eigenvalue weighted by molar-refractivity contribution is 0.0370. The van der Waals surface area contributed by atoms with Crippen molar-refractivity contribution in [3.63, 3.8) is 0 Å². The van der Waals surface area contributed by atoms with Crippen molar-refractivity contribution in [3.05, 3.63) is 0 Å². The fraction of sp³-hybridized carbons (Fsp3) is 1.00. The van der Waals surface area contributed by atoms with Crippen molar-refractivity contribution in [3.8, 4) is 0 Å². The molecule has 0 bridgehead atoms. The van der Waals surface area contributed by atoms with Gasteiger partial charge in [-0.3, -0.25) is 0 Å². The fourth-order valence-electron chi connectivity index (χ4n) is 0.638. The van der Waals surface area contributed by atoms with E-state index in [2.05, 4.69) is 4.74 Å². The molecule has 0 unspecified atom stereocenters. The molecule has 5 nitrogen and oxygen atoms in total. The summed E-state index contributed by atoms with van der Waals surface area (Å²) in [6.45, 7) is 5.25. The molecule has 2 N–H and O–H groups in total. The fourth-order valence-corrected chi connectivity index (χ4v) is 0.638. The highest BCUT2D eigenvalue weighted by Gasteiger charge is 1.84. The van der Waals surface area contributed by atoms with Gasteiger partial charge in [0.25, 0.3) is 0 Å². The van der Waals surface area contributed by atoms with E-state index in [4.69, 9.17) is 19.7 Å². The third kappa shape index (κ3) is 24.8. The van der Waals surface area contributed by atoms with E-state index in [-0.39, 0.29) is 13.2 Å². The van der Waals surface area contributed by atoms with Crippen LogP contribution in [-0.4, -0.2) is 63.6 Å². The van der Waals surface area contributed by atoms with E-state index in [1.54, 1.807) is 7.11 Å². The van der Waals surface area contributed by atoms with E-state index in [9.17, 15) is 0 Å². The van der Waals surface area contributed by atoms with Gasteiger partial charge >= 0.3 is 0 Å². The first-order valence-corrected chi connectivity index (χ1v) is 5.19. The molecule has 0 heterocycles. The van der Waals surface area contributed by atoms with Crippen LogP contribution in [0.5, 0.6) is 0 Å². The normalized spacial score (nSPS) is 9.60. The second kappa shape index (κ2) is 19.4. The third-order valence-electron chi connectivity index (χ3n) is 1.32. The van der Waals surface area contributed by atoms with Gasteiger partial charge in [0.05, 0.1) is 26.4 Å². The first kappa shape index (κ1) is 17.2. The minimum absolute atomic E-state index is 0.0894. The summed E-state index contributed by atoms with van der Waals surface area (Å²) in [5.41, 5.74) is 0. The van der Waals surface area contributed by atoms with Crippen molar-refractivity contribution in [2.45, 2.75) is 13.3 Å². The lowest BCUT2D eigenvalue weighted by Gasteiger charge is -2.00. The van der Waals surface area contributed by atoms with Crippen LogP contribution in [0.2, 0.25) is 0 Å². The van der Waals surface area contributed by atoms with Gasteiger partial charge in [-0.2, -0.15) is 0 Å². The second-order valence-electron chi connectivity index (χ2n) is 2.60. The highest BCUT2D eigenvalue weighted by atomic mass is 16.5. The van der Waals surface area contributed by atoms with E-state index in [1.165, 1.54) is 0 Å². The monoisotopic (exact) mass is 224 g/mol. The standard InChI is InChI=1S/C6H14O3.C4H10O2/c1-2-8-5-6-9-4-3-7;1-6-4-2-3-5/h7H,2-6H2,1H3;5H,2-4H2,1H3. The lowest BCUT2D eigenvalue weighted by Crippen LogP contribution is -2.06. The highest BCUT2D eigenvalue weighted by Crippen LogP contribution is 1.76. The molecule has 0 rings (SSSR count). The maximum Gasteiger partial charge on any atom is 0.0701 e. The molecule has 0 saturated carbocycles. The van der Waals surface area contributed by atoms with Gasteiger partial charge in [-0.25, -0.2) is 0 Å². The molecular weight excluding hydrogens is 200 g/mol. The predicted molar refractivity (Wildman–Crippen MR) is 58.0 cm³/mol. The Balaban J connectivity index is 0. The lowest BCUT2D eigenvalue weighted by atomic mass is 10.5. The Labute approximate surface area is 92.0 Å². The zero-order valence-electron chi connectivity index (χ0n) is 9.78. The van der Waals surface area contributed by atoms with E-state index in [1.807, 2.05) is 6.92 Å². The molecule has 0 aliphatic carbocycles. The number of aliphatic hydroxyl groups is 2. The van der Waals surface area contributed by atoms with Crippen LogP contribution in [0.3, 0.4) is 0 Å².